The van der Waals surface area contributed by atoms with Gasteiger partial charge in [0, 0.05) is 31.8 Å². The Bertz CT molecular complexity index is 661. The lowest BCUT2D eigenvalue weighted by Gasteiger charge is -2.32. The highest BCUT2D eigenvalue weighted by atomic mass is 16.2. The number of nitrogens with one attached hydrogen (secondary N) is 1. The highest BCUT2D eigenvalue weighted by Gasteiger charge is 2.40. The topological polar surface area (TPSA) is 67.2 Å². The Hall–Kier alpha value is -1.85. The summed E-state index contributed by atoms with van der Waals surface area (Å²) in [4.78, 5) is 27.1. The molecule has 1 N–H and O–H groups in total. The number of carbonyl (C=O) groups is 2. The molecule has 6 nitrogen and oxygen atoms in total. The van der Waals surface area contributed by atoms with Gasteiger partial charge in [-0.2, -0.15) is 5.10 Å². The van der Waals surface area contributed by atoms with E-state index in [0.717, 1.165) is 56.5 Å². The molecule has 2 amide bonds. The zero-order valence-electron chi connectivity index (χ0n) is 15.8. The van der Waals surface area contributed by atoms with Gasteiger partial charge in [-0.15, -0.1) is 0 Å². The van der Waals surface area contributed by atoms with E-state index in [-0.39, 0.29) is 29.8 Å². The lowest BCUT2D eigenvalue weighted by atomic mass is 9.95. The summed E-state index contributed by atoms with van der Waals surface area (Å²) < 4.78 is 1.90. The van der Waals surface area contributed by atoms with Gasteiger partial charge >= 0.3 is 0 Å². The standard InChI is InChI=1S/C19H30N4O2/c1-12-17(13(2)22(4)21-12)16-10-7-11-23(16)19(25)18(20-14(3)24)15-8-5-6-9-15/h15-16,18H,5-11H2,1-4H3,(H,20,24)/t16-,18-/m1/s1. The van der Waals surface area contributed by atoms with Crippen LogP contribution < -0.4 is 5.32 Å². The first kappa shape index (κ1) is 18.0. The van der Waals surface area contributed by atoms with E-state index in [2.05, 4.69) is 17.3 Å². The van der Waals surface area contributed by atoms with Gasteiger partial charge in [0.05, 0.1) is 11.7 Å². The molecule has 2 fully saturated rings. The van der Waals surface area contributed by atoms with E-state index in [9.17, 15) is 9.59 Å². The molecule has 1 saturated carbocycles. The quantitative estimate of drug-likeness (QED) is 0.910. The molecule has 0 spiro atoms. The van der Waals surface area contributed by atoms with E-state index in [1.807, 2.05) is 23.6 Å². The maximum atomic E-state index is 13.4. The maximum Gasteiger partial charge on any atom is 0.245 e. The van der Waals surface area contributed by atoms with Crippen LogP contribution in [0.4, 0.5) is 0 Å². The van der Waals surface area contributed by atoms with Crippen LogP contribution in [0.3, 0.4) is 0 Å². The number of hydrogen-bond acceptors (Lipinski definition) is 3. The van der Waals surface area contributed by atoms with Gasteiger partial charge in [-0.25, -0.2) is 0 Å². The van der Waals surface area contributed by atoms with Crippen molar-refractivity contribution in [1.29, 1.82) is 0 Å². The molecule has 0 unspecified atom stereocenters. The molecule has 1 aliphatic carbocycles. The molecule has 6 heteroatoms. The summed E-state index contributed by atoms with van der Waals surface area (Å²) >= 11 is 0. The van der Waals surface area contributed by atoms with Crippen LogP contribution in [0, 0.1) is 19.8 Å². The molecule has 25 heavy (non-hydrogen) atoms. The fourth-order valence-electron chi connectivity index (χ4n) is 4.67. The van der Waals surface area contributed by atoms with Gasteiger partial charge in [0.25, 0.3) is 0 Å². The smallest absolute Gasteiger partial charge is 0.245 e. The number of nitrogens with zero attached hydrogens (tertiary/aromatic N) is 3. The summed E-state index contributed by atoms with van der Waals surface area (Å²) in [6.45, 7) is 6.36. The van der Waals surface area contributed by atoms with Crippen LogP contribution in [0.2, 0.25) is 0 Å². The summed E-state index contributed by atoms with van der Waals surface area (Å²) in [5.74, 6) is 0.246. The zero-order valence-corrected chi connectivity index (χ0v) is 15.8. The van der Waals surface area contributed by atoms with Crippen molar-refractivity contribution in [3.8, 4) is 0 Å². The summed E-state index contributed by atoms with van der Waals surface area (Å²) in [6.07, 6.45) is 6.33. The van der Waals surface area contributed by atoms with Crippen molar-refractivity contribution in [2.75, 3.05) is 6.54 Å². The minimum absolute atomic E-state index is 0.0823. The van der Waals surface area contributed by atoms with Crippen LogP contribution in [-0.2, 0) is 16.6 Å². The fourth-order valence-corrected chi connectivity index (χ4v) is 4.67. The normalized spacial score (nSPS) is 22.4. The zero-order chi connectivity index (χ0) is 18.1. The van der Waals surface area contributed by atoms with Gasteiger partial charge < -0.3 is 10.2 Å². The van der Waals surface area contributed by atoms with Crippen LogP contribution in [0.25, 0.3) is 0 Å². The molecule has 1 aliphatic heterocycles. The van der Waals surface area contributed by atoms with Gasteiger partial charge in [0.15, 0.2) is 0 Å². The molecule has 3 rings (SSSR count). The van der Waals surface area contributed by atoms with Crippen molar-refractivity contribution >= 4 is 11.8 Å². The van der Waals surface area contributed by atoms with E-state index >= 15 is 0 Å². The summed E-state index contributed by atoms with van der Waals surface area (Å²) in [7, 11) is 1.95. The summed E-state index contributed by atoms with van der Waals surface area (Å²) in [6, 6.07) is -0.295. The van der Waals surface area contributed by atoms with Crippen molar-refractivity contribution < 1.29 is 9.59 Å². The van der Waals surface area contributed by atoms with Crippen LogP contribution in [0.5, 0.6) is 0 Å². The van der Waals surface area contributed by atoms with Gasteiger partial charge in [-0.1, -0.05) is 12.8 Å². The Balaban J connectivity index is 1.86. The van der Waals surface area contributed by atoms with E-state index in [0.29, 0.717) is 0 Å². The van der Waals surface area contributed by atoms with E-state index in [1.54, 1.807) is 0 Å². The first-order valence-electron chi connectivity index (χ1n) is 9.47. The first-order chi connectivity index (χ1) is 11.9. The number of likely N-dealkylation sites (tertiary alicyclic amines) is 1. The summed E-state index contributed by atoms with van der Waals surface area (Å²) in [5, 5.41) is 7.48. The minimum Gasteiger partial charge on any atom is -0.344 e. The second-order valence-electron chi connectivity index (χ2n) is 7.62. The van der Waals surface area contributed by atoms with Crippen molar-refractivity contribution in [2.24, 2.45) is 13.0 Å². The van der Waals surface area contributed by atoms with E-state index in [4.69, 9.17) is 0 Å². The fraction of sp³-hybridized carbons (Fsp3) is 0.737. The second-order valence-corrected chi connectivity index (χ2v) is 7.62. The van der Waals surface area contributed by atoms with Crippen molar-refractivity contribution in [3.05, 3.63) is 17.0 Å². The molecule has 1 saturated heterocycles. The number of hydrogen-bond donors (Lipinski definition) is 1. The minimum atomic E-state index is -0.377. The highest BCUT2D eigenvalue weighted by Crippen LogP contribution is 2.37. The number of carbonyl (C=O) groups excluding carboxylic acids is 2. The molecule has 2 aliphatic rings. The number of rotatable bonds is 4. The lowest BCUT2D eigenvalue weighted by molar-refractivity contribution is -0.138. The molecule has 0 aromatic carbocycles. The van der Waals surface area contributed by atoms with E-state index in [1.165, 1.54) is 12.5 Å². The number of aryl methyl sites for hydroxylation is 2. The molecule has 0 radical (unpaired) electrons. The van der Waals surface area contributed by atoms with Crippen molar-refractivity contribution in [1.82, 2.24) is 20.0 Å². The average molecular weight is 346 g/mol. The lowest BCUT2D eigenvalue weighted by Crippen LogP contribution is -2.51. The van der Waals surface area contributed by atoms with Crippen molar-refractivity contribution in [3.63, 3.8) is 0 Å². The molecular formula is C19H30N4O2. The van der Waals surface area contributed by atoms with Crippen LogP contribution >= 0.6 is 0 Å². The average Bonchev–Trinajstić information content (AvgIpc) is 3.27. The number of aromatic nitrogens is 2. The van der Waals surface area contributed by atoms with Crippen LogP contribution in [0.1, 0.15) is 68.4 Å². The third-order valence-electron chi connectivity index (χ3n) is 5.93. The van der Waals surface area contributed by atoms with Gasteiger partial charge in [0.2, 0.25) is 11.8 Å². The Morgan fingerprint density at radius 3 is 2.40 bits per heavy atom. The monoisotopic (exact) mass is 346 g/mol. The Kier molecular flexibility index (Phi) is 5.16. The van der Waals surface area contributed by atoms with Gasteiger partial charge in [0.1, 0.15) is 6.04 Å². The molecule has 2 atom stereocenters. The molecule has 1 aromatic heterocycles. The Morgan fingerprint density at radius 1 is 1.16 bits per heavy atom. The molecule has 0 bridgehead atoms. The number of amides is 2. The molecule has 1 aromatic rings. The Labute approximate surface area is 149 Å². The molecule has 138 valence electrons. The Morgan fingerprint density at radius 2 is 1.84 bits per heavy atom. The first-order valence-corrected chi connectivity index (χ1v) is 9.47. The van der Waals surface area contributed by atoms with Crippen LogP contribution in [0.15, 0.2) is 0 Å². The third kappa shape index (κ3) is 3.44. The maximum absolute atomic E-state index is 13.4. The highest BCUT2D eigenvalue weighted by molar-refractivity contribution is 5.87. The predicted octanol–water partition coefficient (Wildman–Crippen LogP) is 2.40. The SMILES string of the molecule is CC(=O)N[C@@H](C(=O)N1CCC[C@@H]1c1c(C)nn(C)c1C)C1CCCC1. The van der Waals surface area contributed by atoms with Gasteiger partial charge in [-0.05, 0) is 45.4 Å². The van der Waals surface area contributed by atoms with E-state index < -0.39 is 0 Å². The largest absolute Gasteiger partial charge is 0.344 e. The molecule has 2 heterocycles. The second kappa shape index (κ2) is 7.18. The predicted molar refractivity (Wildman–Crippen MR) is 95.9 cm³/mol. The van der Waals surface area contributed by atoms with Crippen molar-refractivity contribution in [2.45, 2.75) is 71.4 Å². The summed E-state index contributed by atoms with van der Waals surface area (Å²) in [5.41, 5.74) is 3.31. The van der Waals surface area contributed by atoms with Crippen LogP contribution in [-0.4, -0.2) is 39.1 Å². The molecular weight excluding hydrogens is 316 g/mol. The third-order valence-corrected chi connectivity index (χ3v) is 5.93. The van der Waals surface area contributed by atoms with Gasteiger partial charge in [-0.3, -0.25) is 14.3 Å².